The summed E-state index contributed by atoms with van der Waals surface area (Å²) in [6.45, 7) is -0.0448. The van der Waals surface area contributed by atoms with Gasteiger partial charge in [-0.1, -0.05) is 12.1 Å². The van der Waals surface area contributed by atoms with Crippen LogP contribution in [0, 0.1) is 5.41 Å². The van der Waals surface area contributed by atoms with Crippen molar-refractivity contribution in [2.45, 2.75) is 12.7 Å². The molecule has 0 radical (unpaired) electrons. The van der Waals surface area contributed by atoms with E-state index in [4.69, 9.17) is 11.1 Å². The molecule has 0 atom stereocenters. The largest absolute Gasteiger partial charge is 0.416 e. The molecular formula is C20H18F3N5O. The molecule has 2 aromatic heterocycles. The minimum Gasteiger partial charge on any atom is -0.404 e. The zero-order chi connectivity index (χ0) is 21.2. The Kier molecular flexibility index (Phi) is 5.40. The van der Waals surface area contributed by atoms with Gasteiger partial charge in [-0.2, -0.15) is 13.2 Å². The molecule has 3 rings (SSSR count). The highest BCUT2D eigenvalue weighted by atomic mass is 19.4. The summed E-state index contributed by atoms with van der Waals surface area (Å²) in [5, 5.41) is 10.7. The number of halogens is 3. The second-order valence-electron chi connectivity index (χ2n) is 6.35. The van der Waals surface area contributed by atoms with Crippen LogP contribution in [0.2, 0.25) is 0 Å². The van der Waals surface area contributed by atoms with Crippen molar-refractivity contribution in [2.75, 3.05) is 0 Å². The van der Waals surface area contributed by atoms with Gasteiger partial charge in [-0.05, 0) is 35.9 Å². The van der Waals surface area contributed by atoms with E-state index in [1.807, 2.05) is 0 Å². The SMILES string of the molecule is Cn1c(C(=O)NCc2cccc(C(F)(F)F)c2)cc2ccc(/C(C=N)=C/N)nc21. The van der Waals surface area contributed by atoms with E-state index in [-0.39, 0.29) is 6.54 Å². The van der Waals surface area contributed by atoms with Crippen molar-refractivity contribution in [2.24, 2.45) is 12.8 Å². The molecule has 0 aliphatic rings. The van der Waals surface area contributed by atoms with Gasteiger partial charge in [-0.3, -0.25) is 4.79 Å². The number of nitrogens with one attached hydrogen (secondary N) is 2. The lowest BCUT2D eigenvalue weighted by Gasteiger charge is -2.10. The Morgan fingerprint density at radius 1 is 1.28 bits per heavy atom. The van der Waals surface area contributed by atoms with E-state index in [2.05, 4.69) is 10.3 Å². The number of fused-ring (bicyclic) bond motifs is 1. The van der Waals surface area contributed by atoms with Crippen LogP contribution in [-0.4, -0.2) is 21.7 Å². The smallest absolute Gasteiger partial charge is 0.404 e. The van der Waals surface area contributed by atoms with Gasteiger partial charge in [0.05, 0.1) is 11.3 Å². The molecule has 1 amide bonds. The monoisotopic (exact) mass is 401 g/mol. The molecule has 6 nitrogen and oxygen atoms in total. The number of benzene rings is 1. The van der Waals surface area contributed by atoms with Crippen molar-refractivity contribution in [1.29, 1.82) is 5.41 Å². The fourth-order valence-corrected chi connectivity index (χ4v) is 2.92. The number of aromatic nitrogens is 2. The van der Waals surface area contributed by atoms with Gasteiger partial charge in [-0.25, -0.2) is 4.98 Å². The number of alkyl halides is 3. The van der Waals surface area contributed by atoms with Gasteiger partial charge in [0.25, 0.3) is 5.91 Å². The third-order valence-electron chi connectivity index (χ3n) is 4.45. The maximum absolute atomic E-state index is 12.8. The Morgan fingerprint density at radius 2 is 2.03 bits per heavy atom. The summed E-state index contributed by atoms with van der Waals surface area (Å²) in [4.78, 5) is 17.0. The predicted octanol–water partition coefficient (Wildman–Crippen LogP) is 3.47. The van der Waals surface area contributed by atoms with Gasteiger partial charge in [0, 0.05) is 37.0 Å². The topological polar surface area (TPSA) is 96.8 Å². The molecule has 0 aliphatic carbocycles. The molecule has 0 unspecified atom stereocenters. The normalized spacial score (nSPS) is 12.2. The summed E-state index contributed by atoms with van der Waals surface area (Å²) in [6.07, 6.45) is -2.08. The minimum atomic E-state index is -4.44. The summed E-state index contributed by atoms with van der Waals surface area (Å²) in [5.41, 5.74) is 6.83. The molecule has 0 bridgehead atoms. The Bertz CT molecular complexity index is 1110. The first-order valence-electron chi connectivity index (χ1n) is 8.58. The molecule has 3 aromatic rings. The van der Waals surface area contributed by atoms with Crippen molar-refractivity contribution in [3.8, 4) is 0 Å². The van der Waals surface area contributed by atoms with Gasteiger partial charge in [0.1, 0.15) is 11.3 Å². The lowest BCUT2D eigenvalue weighted by atomic mass is 10.1. The van der Waals surface area contributed by atoms with E-state index in [9.17, 15) is 18.0 Å². The van der Waals surface area contributed by atoms with Crippen LogP contribution in [0.1, 0.15) is 27.3 Å². The van der Waals surface area contributed by atoms with Crippen molar-refractivity contribution in [3.05, 3.63) is 71.2 Å². The number of aryl methyl sites for hydroxylation is 1. The molecule has 0 saturated carbocycles. The van der Waals surface area contributed by atoms with Crippen LogP contribution < -0.4 is 11.1 Å². The van der Waals surface area contributed by atoms with E-state index < -0.39 is 17.6 Å². The minimum absolute atomic E-state index is 0.0448. The molecule has 150 valence electrons. The number of pyridine rings is 1. The first-order valence-corrected chi connectivity index (χ1v) is 8.58. The predicted molar refractivity (Wildman–Crippen MR) is 104 cm³/mol. The summed E-state index contributed by atoms with van der Waals surface area (Å²) < 4.78 is 40.0. The van der Waals surface area contributed by atoms with Gasteiger partial charge >= 0.3 is 6.18 Å². The number of carbonyl (C=O) groups excluding carboxylic acids is 1. The average molecular weight is 401 g/mol. The molecule has 0 aliphatic heterocycles. The number of allylic oxidation sites excluding steroid dienone is 1. The molecule has 4 N–H and O–H groups in total. The van der Waals surface area contributed by atoms with Gasteiger partial charge in [0.2, 0.25) is 0 Å². The molecule has 0 saturated heterocycles. The lowest BCUT2D eigenvalue weighted by Crippen LogP contribution is -2.25. The molecule has 1 aromatic carbocycles. The van der Waals surface area contributed by atoms with E-state index in [0.29, 0.717) is 33.6 Å². The Labute approximate surface area is 164 Å². The maximum Gasteiger partial charge on any atom is 0.416 e. The van der Waals surface area contributed by atoms with Crippen molar-refractivity contribution >= 4 is 28.7 Å². The molecule has 0 fully saturated rings. The number of amides is 1. The number of carbonyl (C=O) groups is 1. The Hall–Kier alpha value is -3.62. The van der Waals surface area contributed by atoms with Gasteiger partial charge in [-0.15, -0.1) is 0 Å². The Balaban J connectivity index is 1.83. The standard InChI is InChI=1S/C20H18F3N5O/c1-28-17(8-13-5-6-16(27-18(13)28)14(9-24)10-25)19(29)26-11-12-3-2-4-15(7-12)20(21,22)23/h2-10,24H,11,25H2,1H3,(H,26,29)/b14-10+,24-9?. The second-order valence-corrected chi connectivity index (χ2v) is 6.35. The van der Waals surface area contributed by atoms with Crippen LogP contribution in [0.3, 0.4) is 0 Å². The highest BCUT2D eigenvalue weighted by Gasteiger charge is 2.30. The van der Waals surface area contributed by atoms with Crippen LogP contribution >= 0.6 is 0 Å². The van der Waals surface area contributed by atoms with Gasteiger partial charge in [0.15, 0.2) is 0 Å². The highest BCUT2D eigenvalue weighted by molar-refractivity contribution is 6.08. The zero-order valence-electron chi connectivity index (χ0n) is 15.4. The molecular weight excluding hydrogens is 383 g/mol. The van der Waals surface area contributed by atoms with Crippen LogP contribution in [-0.2, 0) is 19.8 Å². The number of hydrogen-bond donors (Lipinski definition) is 3. The third-order valence-corrected chi connectivity index (χ3v) is 4.45. The zero-order valence-corrected chi connectivity index (χ0v) is 15.4. The van der Waals surface area contributed by atoms with Crippen LogP contribution in [0.5, 0.6) is 0 Å². The molecule has 2 heterocycles. The molecule has 9 heteroatoms. The van der Waals surface area contributed by atoms with E-state index in [0.717, 1.165) is 18.3 Å². The quantitative estimate of drug-likeness (QED) is 0.571. The number of rotatable bonds is 5. The number of hydrogen-bond acceptors (Lipinski definition) is 4. The van der Waals surface area contributed by atoms with Crippen LogP contribution in [0.15, 0.2) is 48.7 Å². The average Bonchev–Trinajstić information content (AvgIpc) is 3.03. The van der Waals surface area contributed by atoms with Crippen molar-refractivity contribution < 1.29 is 18.0 Å². The highest BCUT2D eigenvalue weighted by Crippen LogP contribution is 2.29. The van der Waals surface area contributed by atoms with Crippen molar-refractivity contribution in [3.63, 3.8) is 0 Å². The lowest BCUT2D eigenvalue weighted by molar-refractivity contribution is -0.137. The van der Waals surface area contributed by atoms with Crippen LogP contribution in [0.25, 0.3) is 16.6 Å². The number of nitrogens with zero attached hydrogens (tertiary/aromatic N) is 2. The fraction of sp³-hybridized carbons (Fsp3) is 0.150. The van der Waals surface area contributed by atoms with Crippen molar-refractivity contribution in [1.82, 2.24) is 14.9 Å². The second kappa shape index (κ2) is 7.78. The van der Waals surface area contributed by atoms with Crippen LogP contribution in [0.4, 0.5) is 13.2 Å². The van der Waals surface area contributed by atoms with Gasteiger partial charge < -0.3 is 21.0 Å². The third kappa shape index (κ3) is 4.13. The number of nitrogens with two attached hydrogens (primary N) is 1. The molecule has 0 spiro atoms. The first-order chi connectivity index (χ1) is 13.7. The summed E-state index contributed by atoms with van der Waals surface area (Å²) in [7, 11) is 1.66. The van der Waals surface area contributed by atoms with E-state index in [1.54, 1.807) is 29.8 Å². The summed E-state index contributed by atoms with van der Waals surface area (Å²) in [5.74, 6) is -0.439. The van der Waals surface area contributed by atoms with E-state index in [1.165, 1.54) is 18.3 Å². The molecule has 29 heavy (non-hydrogen) atoms. The summed E-state index contributed by atoms with van der Waals surface area (Å²) in [6, 6.07) is 9.90. The first kappa shape index (κ1) is 20.1. The Morgan fingerprint density at radius 3 is 2.69 bits per heavy atom. The van der Waals surface area contributed by atoms with E-state index >= 15 is 0 Å². The fourth-order valence-electron chi connectivity index (χ4n) is 2.92. The summed E-state index contributed by atoms with van der Waals surface area (Å²) >= 11 is 0. The maximum atomic E-state index is 12.8.